The van der Waals surface area contributed by atoms with E-state index in [4.69, 9.17) is 5.11 Å². The van der Waals surface area contributed by atoms with Crippen molar-refractivity contribution >= 4 is 17.7 Å². The number of carbonyl (C=O) groups is 1. The summed E-state index contributed by atoms with van der Waals surface area (Å²) in [5, 5.41) is 17.9. The summed E-state index contributed by atoms with van der Waals surface area (Å²) in [7, 11) is 0. The minimum absolute atomic E-state index is 0.0424. The highest BCUT2D eigenvalue weighted by Crippen LogP contribution is 2.27. The molecule has 20 heavy (non-hydrogen) atoms. The van der Waals surface area contributed by atoms with E-state index in [1.54, 1.807) is 0 Å². The minimum Gasteiger partial charge on any atom is -0.481 e. The Balaban J connectivity index is 1.91. The molecule has 1 saturated carbocycles. The average molecular weight is 297 g/mol. The molecule has 1 N–H and O–H groups in total. The van der Waals surface area contributed by atoms with Crippen LogP contribution in [0.3, 0.4) is 0 Å². The topological polar surface area (TPSA) is 68.0 Å². The summed E-state index contributed by atoms with van der Waals surface area (Å²) in [5.41, 5.74) is 0. The van der Waals surface area contributed by atoms with Gasteiger partial charge in [0, 0.05) is 13.0 Å². The number of nitrogens with zero attached hydrogens (tertiary/aromatic N) is 3. The zero-order valence-corrected chi connectivity index (χ0v) is 12.9. The van der Waals surface area contributed by atoms with Crippen molar-refractivity contribution in [2.24, 2.45) is 5.92 Å². The lowest BCUT2D eigenvalue weighted by molar-refractivity contribution is -0.133. The number of carboxylic acids is 1. The van der Waals surface area contributed by atoms with Crippen molar-refractivity contribution in [1.82, 2.24) is 14.8 Å². The second-order valence-electron chi connectivity index (χ2n) is 5.37. The minimum atomic E-state index is -0.815. The number of carboxylic acid groups (broad SMARTS) is 1. The molecular weight excluding hydrogens is 274 g/mol. The number of aromatic nitrogens is 3. The first-order valence-electron chi connectivity index (χ1n) is 7.47. The van der Waals surface area contributed by atoms with Crippen LogP contribution in [0.5, 0.6) is 0 Å². The maximum atomic E-state index is 10.6. The first-order valence-corrected chi connectivity index (χ1v) is 8.46. The average Bonchev–Trinajstić information content (AvgIpc) is 2.86. The Morgan fingerprint density at radius 3 is 2.75 bits per heavy atom. The van der Waals surface area contributed by atoms with Gasteiger partial charge in [-0.25, -0.2) is 0 Å². The van der Waals surface area contributed by atoms with Crippen molar-refractivity contribution in [2.45, 2.75) is 63.6 Å². The first kappa shape index (κ1) is 15.4. The van der Waals surface area contributed by atoms with Crippen LogP contribution in [0.25, 0.3) is 0 Å². The van der Waals surface area contributed by atoms with Gasteiger partial charge < -0.3 is 9.67 Å². The smallest absolute Gasteiger partial charge is 0.313 e. The molecule has 0 aromatic carbocycles. The summed E-state index contributed by atoms with van der Waals surface area (Å²) in [4.78, 5) is 10.6. The summed E-state index contributed by atoms with van der Waals surface area (Å²) in [5.74, 6) is 1.07. The third kappa shape index (κ3) is 4.23. The molecule has 6 heteroatoms. The van der Waals surface area contributed by atoms with Crippen molar-refractivity contribution in [3.05, 3.63) is 5.82 Å². The molecule has 0 spiro atoms. The van der Waals surface area contributed by atoms with Crippen LogP contribution in [0.1, 0.15) is 51.3 Å². The van der Waals surface area contributed by atoms with Gasteiger partial charge in [-0.05, 0) is 19.3 Å². The maximum absolute atomic E-state index is 10.6. The molecular formula is C14H23N3O2S. The predicted octanol–water partition coefficient (Wildman–Crippen LogP) is 2.99. The zero-order valence-electron chi connectivity index (χ0n) is 12.0. The molecule has 0 bridgehead atoms. The molecule has 1 aromatic heterocycles. The standard InChI is InChI=1S/C14H23N3O2S/c1-2-17-12(9-8-11-6-4-3-5-7-11)15-16-14(17)20-10-13(18)19/h11H,2-10H2,1H3,(H,18,19). The summed E-state index contributed by atoms with van der Waals surface area (Å²) < 4.78 is 2.05. The van der Waals surface area contributed by atoms with Gasteiger partial charge in [0.1, 0.15) is 5.82 Å². The van der Waals surface area contributed by atoms with Crippen molar-refractivity contribution in [3.63, 3.8) is 0 Å². The lowest BCUT2D eigenvalue weighted by Crippen LogP contribution is -2.10. The molecule has 0 amide bonds. The molecule has 2 rings (SSSR count). The van der Waals surface area contributed by atoms with Crippen molar-refractivity contribution in [1.29, 1.82) is 0 Å². The van der Waals surface area contributed by atoms with Crippen molar-refractivity contribution in [3.8, 4) is 0 Å². The van der Waals surface area contributed by atoms with Gasteiger partial charge in [-0.15, -0.1) is 10.2 Å². The molecule has 0 aliphatic heterocycles. The summed E-state index contributed by atoms with van der Waals surface area (Å²) in [6.45, 7) is 2.85. The van der Waals surface area contributed by atoms with E-state index in [0.717, 1.165) is 29.9 Å². The third-order valence-corrected chi connectivity index (χ3v) is 4.89. The van der Waals surface area contributed by atoms with Crippen LogP contribution >= 0.6 is 11.8 Å². The van der Waals surface area contributed by atoms with E-state index in [0.29, 0.717) is 0 Å². The highest BCUT2D eigenvalue weighted by molar-refractivity contribution is 7.99. The van der Waals surface area contributed by atoms with Crippen LogP contribution in [-0.2, 0) is 17.8 Å². The fourth-order valence-corrected chi connectivity index (χ4v) is 3.61. The molecule has 112 valence electrons. The van der Waals surface area contributed by atoms with Gasteiger partial charge in [0.05, 0.1) is 5.75 Å². The van der Waals surface area contributed by atoms with E-state index in [9.17, 15) is 4.79 Å². The molecule has 1 aliphatic rings. The number of aryl methyl sites for hydroxylation is 1. The highest BCUT2D eigenvalue weighted by atomic mass is 32.2. The molecule has 1 aliphatic carbocycles. The van der Waals surface area contributed by atoms with Gasteiger partial charge in [0.2, 0.25) is 0 Å². The maximum Gasteiger partial charge on any atom is 0.313 e. The van der Waals surface area contributed by atoms with Gasteiger partial charge in [0.25, 0.3) is 0 Å². The Hall–Kier alpha value is -1.04. The number of hydrogen-bond acceptors (Lipinski definition) is 4. The Kier molecular flexibility index (Phi) is 5.88. The number of rotatable bonds is 7. The Morgan fingerprint density at radius 2 is 2.10 bits per heavy atom. The second-order valence-corrected chi connectivity index (χ2v) is 6.31. The van der Waals surface area contributed by atoms with Crippen molar-refractivity contribution in [2.75, 3.05) is 5.75 Å². The van der Waals surface area contributed by atoms with Gasteiger partial charge >= 0.3 is 5.97 Å². The normalized spacial score (nSPS) is 16.4. The number of thioether (sulfide) groups is 1. The van der Waals surface area contributed by atoms with Gasteiger partial charge in [-0.1, -0.05) is 43.9 Å². The van der Waals surface area contributed by atoms with E-state index < -0.39 is 5.97 Å². The molecule has 5 nitrogen and oxygen atoms in total. The quantitative estimate of drug-likeness (QED) is 0.784. The summed E-state index contributed by atoms with van der Waals surface area (Å²) >= 11 is 1.25. The summed E-state index contributed by atoms with van der Waals surface area (Å²) in [6.07, 6.45) is 8.95. The van der Waals surface area contributed by atoms with E-state index in [1.165, 1.54) is 50.3 Å². The largest absolute Gasteiger partial charge is 0.481 e. The molecule has 0 atom stereocenters. The fourth-order valence-electron chi connectivity index (χ4n) is 2.86. The number of hydrogen-bond donors (Lipinski definition) is 1. The van der Waals surface area contributed by atoms with E-state index >= 15 is 0 Å². The Bertz CT molecular complexity index is 442. The number of aliphatic carboxylic acids is 1. The van der Waals surface area contributed by atoms with Crippen LogP contribution in [0.2, 0.25) is 0 Å². The monoisotopic (exact) mass is 297 g/mol. The molecule has 1 aromatic rings. The summed E-state index contributed by atoms with van der Waals surface area (Å²) in [6, 6.07) is 0. The van der Waals surface area contributed by atoms with Crippen LogP contribution in [0.4, 0.5) is 0 Å². The van der Waals surface area contributed by atoms with Crippen LogP contribution < -0.4 is 0 Å². The SMILES string of the molecule is CCn1c(CCC2CCCCC2)nnc1SCC(=O)O. The first-order chi connectivity index (χ1) is 9.70. The van der Waals surface area contributed by atoms with Crippen LogP contribution in [0, 0.1) is 5.92 Å². The molecule has 0 radical (unpaired) electrons. The van der Waals surface area contributed by atoms with Gasteiger partial charge in [-0.3, -0.25) is 4.79 Å². The highest BCUT2D eigenvalue weighted by Gasteiger charge is 2.17. The molecule has 1 fully saturated rings. The predicted molar refractivity (Wildman–Crippen MR) is 79.0 cm³/mol. The lowest BCUT2D eigenvalue weighted by atomic mass is 9.86. The molecule has 0 saturated heterocycles. The van der Waals surface area contributed by atoms with E-state index in [-0.39, 0.29) is 5.75 Å². The molecule has 0 unspecified atom stereocenters. The van der Waals surface area contributed by atoms with Crippen LogP contribution in [-0.4, -0.2) is 31.6 Å². The van der Waals surface area contributed by atoms with E-state index in [1.807, 2.05) is 0 Å². The van der Waals surface area contributed by atoms with Gasteiger partial charge in [0.15, 0.2) is 5.16 Å². The van der Waals surface area contributed by atoms with Crippen molar-refractivity contribution < 1.29 is 9.90 Å². The Labute approximate surface area is 124 Å². The Morgan fingerprint density at radius 1 is 1.35 bits per heavy atom. The fraction of sp³-hybridized carbons (Fsp3) is 0.786. The van der Waals surface area contributed by atoms with Crippen LogP contribution in [0.15, 0.2) is 5.16 Å². The second kappa shape index (κ2) is 7.67. The van der Waals surface area contributed by atoms with E-state index in [2.05, 4.69) is 21.7 Å². The van der Waals surface area contributed by atoms with Gasteiger partial charge in [-0.2, -0.15) is 0 Å². The zero-order chi connectivity index (χ0) is 14.4. The molecule has 1 heterocycles. The lowest BCUT2D eigenvalue weighted by Gasteiger charge is -2.21. The third-order valence-electron chi connectivity index (χ3n) is 3.94.